The fourth-order valence-electron chi connectivity index (χ4n) is 2.82. The normalized spacial score (nSPS) is 28.9. The summed E-state index contributed by atoms with van der Waals surface area (Å²) in [4.78, 5) is 11.2. The van der Waals surface area contributed by atoms with Crippen molar-refractivity contribution in [1.29, 1.82) is 0 Å². The van der Waals surface area contributed by atoms with Crippen molar-refractivity contribution in [3.05, 3.63) is 0 Å². The molecule has 1 aliphatic rings. The minimum atomic E-state index is -3.31. The molecule has 0 aromatic carbocycles. The molecule has 0 radical (unpaired) electrons. The number of hydrogen-bond acceptors (Lipinski definition) is 4. The van der Waals surface area contributed by atoms with E-state index in [9.17, 15) is 18.3 Å². The maximum Gasteiger partial charge on any atom is 0.336 e. The second-order valence-electron chi connectivity index (χ2n) is 4.88. The number of aliphatic hydroxyl groups is 1. The molecule has 3 atom stereocenters. The van der Waals surface area contributed by atoms with Crippen LogP contribution in [0.3, 0.4) is 0 Å². The molecule has 0 aliphatic heterocycles. The quantitative estimate of drug-likeness (QED) is 0.767. The molecule has 2 N–H and O–H groups in total. The second kappa shape index (κ2) is 4.94. The summed E-state index contributed by atoms with van der Waals surface area (Å²) in [6, 6.07) is 0. The van der Waals surface area contributed by atoms with Gasteiger partial charge in [-0.15, -0.1) is 0 Å². The summed E-state index contributed by atoms with van der Waals surface area (Å²) in [5.74, 6) is -1.99. The van der Waals surface area contributed by atoms with Gasteiger partial charge in [0.05, 0.1) is 5.25 Å². The molecular formula is C11H20O5S. The maximum atomic E-state index is 11.6. The van der Waals surface area contributed by atoms with Crippen LogP contribution in [0.15, 0.2) is 0 Å². The minimum Gasteiger partial charge on any atom is -0.479 e. The van der Waals surface area contributed by atoms with Crippen molar-refractivity contribution in [1.82, 2.24) is 0 Å². The first kappa shape index (κ1) is 14.4. The Morgan fingerprint density at radius 3 is 2.41 bits per heavy atom. The largest absolute Gasteiger partial charge is 0.479 e. The molecular weight excluding hydrogens is 244 g/mol. The number of carboxylic acid groups (broad SMARTS) is 1. The summed E-state index contributed by atoms with van der Waals surface area (Å²) in [5.41, 5.74) is -1.90. The molecule has 0 aromatic heterocycles. The molecule has 1 saturated carbocycles. The fourth-order valence-corrected chi connectivity index (χ4v) is 4.37. The lowest BCUT2D eigenvalue weighted by Gasteiger charge is -2.32. The molecule has 100 valence electrons. The van der Waals surface area contributed by atoms with Crippen LogP contribution in [0.2, 0.25) is 0 Å². The highest BCUT2D eigenvalue weighted by molar-refractivity contribution is 7.91. The van der Waals surface area contributed by atoms with E-state index in [1.165, 1.54) is 0 Å². The third kappa shape index (κ3) is 2.80. The molecule has 0 amide bonds. The zero-order valence-electron chi connectivity index (χ0n) is 10.2. The topological polar surface area (TPSA) is 91.7 Å². The number of carboxylic acids is 1. The average Bonchev–Trinajstić information content (AvgIpc) is 2.65. The number of rotatable bonds is 5. The van der Waals surface area contributed by atoms with Crippen LogP contribution in [0.4, 0.5) is 0 Å². The van der Waals surface area contributed by atoms with Crippen LogP contribution in [-0.2, 0) is 14.6 Å². The van der Waals surface area contributed by atoms with Gasteiger partial charge >= 0.3 is 5.97 Å². The van der Waals surface area contributed by atoms with E-state index in [1.807, 2.05) is 0 Å². The molecule has 1 fully saturated rings. The molecule has 5 nitrogen and oxygen atoms in total. The first-order valence-electron chi connectivity index (χ1n) is 5.88. The van der Waals surface area contributed by atoms with Crippen molar-refractivity contribution in [2.45, 2.75) is 49.9 Å². The van der Waals surface area contributed by atoms with E-state index in [0.29, 0.717) is 25.7 Å². The Kier molecular flexibility index (Phi) is 4.19. The maximum absolute atomic E-state index is 11.6. The predicted octanol–water partition coefficient (Wildman–Crippen LogP) is 0.816. The van der Waals surface area contributed by atoms with Crippen molar-refractivity contribution in [3.63, 3.8) is 0 Å². The molecule has 1 aliphatic carbocycles. The number of aliphatic carboxylic acids is 1. The standard InChI is InChI=1S/C11H20O5S/c1-3-7-11(14,10(12)13)8-5-4-6-9(8)17(2,15)16/h8-9,14H,3-7H2,1-2H3,(H,12,13). The molecule has 3 unspecified atom stereocenters. The lowest BCUT2D eigenvalue weighted by Crippen LogP contribution is -2.50. The molecule has 0 spiro atoms. The van der Waals surface area contributed by atoms with Crippen molar-refractivity contribution >= 4 is 15.8 Å². The van der Waals surface area contributed by atoms with Crippen LogP contribution in [0.5, 0.6) is 0 Å². The predicted molar refractivity (Wildman–Crippen MR) is 63.5 cm³/mol. The molecule has 0 saturated heterocycles. The number of hydrogen-bond donors (Lipinski definition) is 2. The first-order valence-corrected chi connectivity index (χ1v) is 7.83. The van der Waals surface area contributed by atoms with Gasteiger partial charge in [-0.1, -0.05) is 19.8 Å². The van der Waals surface area contributed by atoms with E-state index in [2.05, 4.69) is 0 Å². The smallest absolute Gasteiger partial charge is 0.336 e. The fraction of sp³-hybridized carbons (Fsp3) is 0.909. The van der Waals surface area contributed by atoms with Crippen LogP contribution >= 0.6 is 0 Å². The zero-order chi connectivity index (χ0) is 13.3. The van der Waals surface area contributed by atoms with Crippen molar-refractivity contribution in [3.8, 4) is 0 Å². The highest BCUT2D eigenvalue weighted by atomic mass is 32.2. The van der Waals surface area contributed by atoms with Gasteiger partial charge < -0.3 is 10.2 Å². The van der Waals surface area contributed by atoms with Gasteiger partial charge in [0.2, 0.25) is 0 Å². The third-order valence-corrected chi connectivity index (χ3v) is 5.28. The van der Waals surface area contributed by atoms with Gasteiger partial charge in [0.15, 0.2) is 15.4 Å². The lowest BCUT2D eigenvalue weighted by atomic mass is 9.82. The molecule has 1 rings (SSSR count). The Balaban J connectivity index is 3.07. The van der Waals surface area contributed by atoms with Crippen LogP contribution in [0, 0.1) is 5.92 Å². The van der Waals surface area contributed by atoms with Gasteiger partial charge in [-0.25, -0.2) is 13.2 Å². The molecule has 17 heavy (non-hydrogen) atoms. The monoisotopic (exact) mass is 264 g/mol. The Morgan fingerprint density at radius 1 is 1.41 bits per heavy atom. The lowest BCUT2D eigenvalue weighted by molar-refractivity contribution is -0.165. The van der Waals surface area contributed by atoms with Crippen LogP contribution in [-0.4, -0.2) is 41.7 Å². The average molecular weight is 264 g/mol. The summed E-state index contributed by atoms with van der Waals surface area (Å²) in [6.07, 6.45) is 3.28. The van der Waals surface area contributed by atoms with E-state index in [0.717, 1.165) is 6.26 Å². The van der Waals surface area contributed by atoms with E-state index < -0.39 is 32.6 Å². The van der Waals surface area contributed by atoms with Gasteiger partial charge in [0, 0.05) is 12.2 Å². The van der Waals surface area contributed by atoms with Gasteiger partial charge in [-0.3, -0.25) is 0 Å². The number of sulfone groups is 1. The van der Waals surface area contributed by atoms with Crippen molar-refractivity contribution in [2.75, 3.05) is 6.26 Å². The number of carbonyl (C=O) groups is 1. The van der Waals surface area contributed by atoms with Crippen molar-refractivity contribution in [2.24, 2.45) is 5.92 Å². The van der Waals surface area contributed by atoms with Gasteiger partial charge in [-0.05, 0) is 19.3 Å². The summed E-state index contributed by atoms with van der Waals surface area (Å²) in [5, 5.41) is 18.7. The summed E-state index contributed by atoms with van der Waals surface area (Å²) >= 11 is 0. The van der Waals surface area contributed by atoms with E-state index in [4.69, 9.17) is 5.11 Å². The van der Waals surface area contributed by atoms with Gasteiger partial charge in [0.1, 0.15) is 0 Å². The van der Waals surface area contributed by atoms with E-state index in [-0.39, 0.29) is 6.42 Å². The van der Waals surface area contributed by atoms with E-state index >= 15 is 0 Å². The first-order chi connectivity index (χ1) is 7.73. The summed E-state index contributed by atoms with van der Waals surface area (Å²) < 4.78 is 23.2. The Labute approximate surface area is 102 Å². The molecule has 6 heteroatoms. The second-order valence-corrected chi connectivity index (χ2v) is 7.15. The van der Waals surface area contributed by atoms with Gasteiger partial charge in [0.25, 0.3) is 0 Å². The summed E-state index contributed by atoms with van der Waals surface area (Å²) in [6.45, 7) is 1.78. The SMILES string of the molecule is CCCC(O)(C(=O)O)C1CCCC1S(C)(=O)=O. The zero-order valence-corrected chi connectivity index (χ0v) is 11.0. The van der Waals surface area contributed by atoms with E-state index in [1.54, 1.807) is 6.92 Å². The highest BCUT2D eigenvalue weighted by Crippen LogP contribution is 2.40. The minimum absolute atomic E-state index is 0.0963. The third-order valence-electron chi connectivity index (χ3n) is 3.62. The van der Waals surface area contributed by atoms with Crippen LogP contribution in [0.1, 0.15) is 39.0 Å². The van der Waals surface area contributed by atoms with Gasteiger partial charge in [-0.2, -0.15) is 0 Å². The van der Waals surface area contributed by atoms with Crippen LogP contribution in [0.25, 0.3) is 0 Å². The van der Waals surface area contributed by atoms with Crippen molar-refractivity contribution < 1.29 is 23.4 Å². The molecule has 0 heterocycles. The molecule has 0 aromatic rings. The van der Waals surface area contributed by atoms with Crippen LogP contribution < -0.4 is 0 Å². The Bertz CT molecular complexity index is 389. The molecule has 0 bridgehead atoms. The Morgan fingerprint density at radius 2 is 2.00 bits per heavy atom. The Hall–Kier alpha value is -0.620. The summed E-state index contributed by atoms with van der Waals surface area (Å²) in [7, 11) is -3.31. The highest BCUT2D eigenvalue weighted by Gasteiger charge is 2.51.